The SMILES string of the molecule is C1=CC2CC1CC21CCc2cc3ccc(-c4ccccc4)cc3cc2C1. The molecule has 3 aromatic rings. The van der Waals surface area contributed by atoms with Crippen LogP contribution in [0, 0.1) is 17.3 Å². The maximum atomic E-state index is 2.54. The van der Waals surface area contributed by atoms with Crippen molar-refractivity contribution in [3.05, 3.63) is 83.9 Å². The Morgan fingerprint density at radius 1 is 0.769 bits per heavy atom. The highest BCUT2D eigenvalue weighted by Crippen LogP contribution is 2.57. The van der Waals surface area contributed by atoms with E-state index in [9.17, 15) is 0 Å². The summed E-state index contributed by atoms with van der Waals surface area (Å²) in [5.74, 6) is 1.71. The lowest BCUT2D eigenvalue weighted by molar-refractivity contribution is 0.195. The number of hydrogen-bond acceptors (Lipinski definition) is 0. The normalized spacial score (nSPS) is 28.8. The van der Waals surface area contributed by atoms with Crippen molar-refractivity contribution in [1.29, 1.82) is 0 Å². The third kappa shape index (κ3) is 2.14. The molecule has 6 rings (SSSR count). The highest BCUT2D eigenvalue weighted by molar-refractivity contribution is 5.88. The molecule has 1 fully saturated rings. The first-order valence-corrected chi connectivity index (χ1v) is 10.1. The molecule has 0 nitrogen and oxygen atoms in total. The van der Waals surface area contributed by atoms with Crippen molar-refractivity contribution in [2.24, 2.45) is 17.3 Å². The predicted molar refractivity (Wildman–Crippen MR) is 109 cm³/mol. The van der Waals surface area contributed by atoms with Crippen LogP contribution in [-0.4, -0.2) is 0 Å². The molecule has 0 saturated heterocycles. The first-order chi connectivity index (χ1) is 12.8. The van der Waals surface area contributed by atoms with Gasteiger partial charge in [0.25, 0.3) is 0 Å². The topological polar surface area (TPSA) is 0 Å². The summed E-state index contributed by atoms with van der Waals surface area (Å²) in [6, 6.07) is 22.7. The Kier molecular flexibility index (Phi) is 3.03. The fraction of sp³-hybridized carbons (Fsp3) is 0.308. The zero-order chi connectivity index (χ0) is 17.1. The van der Waals surface area contributed by atoms with E-state index < -0.39 is 0 Å². The molecule has 0 heteroatoms. The minimum absolute atomic E-state index is 0.567. The maximum absolute atomic E-state index is 2.54. The summed E-state index contributed by atoms with van der Waals surface area (Å²) < 4.78 is 0. The Morgan fingerprint density at radius 3 is 2.46 bits per heavy atom. The van der Waals surface area contributed by atoms with Gasteiger partial charge in [0, 0.05) is 0 Å². The maximum Gasteiger partial charge on any atom is -0.0168 e. The van der Waals surface area contributed by atoms with Crippen LogP contribution >= 0.6 is 0 Å². The van der Waals surface area contributed by atoms with E-state index in [4.69, 9.17) is 0 Å². The van der Waals surface area contributed by atoms with E-state index in [1.807, 2.05) is 0 Å². The standard InChI is InChI=1S/C26H24/c1-2-4-19(5-3-1)20-7-8-21-13-22-10-11-26(16-18-6-9-25(26)12-18)17-24(22)15-23(21)14-20/h1-9,13-15,18,25H,10-12,16-17H2. The number of fused-ring (bicyclic) bond motifs is 5. The van der Waals surface area contributed by atoms with Crippen molar-refractivity contribution in [2.45, 2.75) is 32.1 Å². The lowest BCUT2D eigenvalue weighted by Gasteiger charge is -2.40. The third-order valence-electron chi connectivity index (χ3n) is 7.33. The summed E-state index contributed by atoms with van der Waals surface area (Å²) >= 11 is 0. The Balaban J connectivity index is 1.43. The second kappa shape index (κ2) is 5.33. The summed E-state index contributed by atoms with van der Waals surface area (Å²) in [7, 11) is 0. The van der Waals surface area contributed by atoms with Crippen molar-refractivity contribution in [1.82, 2.24) is 0 Å². The average molecular weight is 336 g/mol. The van der Waals surface area contributed by atoms with E-state index in [2.05, 4.69) is 72.8 Å². The van der Waals surface area contributed by atoms with Crippen LogP contribution < -0.4 is 0 Å². The summed E-state index contributed by atoms with van der Waals surface area (Å²) in [6.07, 6.45) is 11.8. The summed E-state index contributed by atoms with van der Waals surface area (Å²) in [4.78, 5) is 0. The molecule has 3 aromatic carbocycles. The molecule has 3 unspecified atom stereocenters. The molecule has 3 atom stereocenters. The van der Waals surface area contributed by atoms with Gasteiger partial charge in [0.1, 0.15) is 0 Å². The zero-order valence-corrected chi connectivity index (χ0v) is 15.1. The third-order valence-corrected chi connectivity index (χ3v) is 7.33. The van der Waals surface area contributed by atoms with Gasteiger partial charge in [-0.2, -0.15) is 0 Å². The van der Waals surface area contributed by atoms with Gasteiger partial charge in [0.15, 0.2) is 0 Å². The van der Waals surface area contributed by atoms with Crippen LogP contribution in [-0.2, 0) is 12.8 Å². The van der Waals surface area contributed by atoms with Crippen LogP contribution in [0.25, 0.3) is 21.9 Å². The molecular formula is C26H24. The lowest BCUT2D eigenvalue weighted by atomic mass is 9.64. The molecule has 1 spiro atoms. The molecular weight excluding hydrogens is 312 g/mol. The van der Waals surface area contributed by atoms with Crippen LogP contribution in [0.3, 0.4) is 0 Å². The predicted octanol–water partition coefficient (Wildman–Crippen LogP) is 6.58. The van der Waals surface area contributed by atoms with E-state index in [0.29, 0.717) is 5.41 Å². The quantitative estimate of drug-likeness (QED) is 0.440. The van der Waals surface area contributed by atoms with Crippen LogP contribution in [0.15, 0.2) is 72.8 Å². The zero-order valence-electron chi connectivity index (χ0n) is 15.1. The smallest absolute Gasteiger partial charge is 0.0168 e. The van der Waals surface area contributed by atoms with E-state index >= 15 is 0 Å². The second-order valence-electron chi connectivity index (χ2n) is 8.78. The van der Waals surface area contributed by atoms with E-state index in [0.717, 1.165) is 11.8 Å². The number of rotatable bonds is 1. The Morgan fingerprint density at radius 2 is 1.65 bits per heavy atom. The summed E-state index contributed by atoms with van der Waals surface area (Å²) in [5, 5.41) is 2.80. The van der Waals surface area contributed by atoms with Crippen molar-refractivity contribution in [3.63, 3.8) is 0 Å². The minimum Gasteiger partial charge on any atom is -0.0851 e. The summed E-state index contributed by atoms with van der Waals surface area (Å²) in [6.45, 7) is 0. The van der Waals surface area contributed by atoms with Crippen LogP contribution in [0.1, 0.15) is 30.4 Å². The highest BCUT2D eigenvalue weighted by atomic mass is 14.5. The first-order valence-electron chi connectivity index (χ1n) is 10.1. The molecule has 128 valence electrons. The number of benzene rings is 3. The van der Waals surface area contributed by atoms with Crippen molar-refractivity contribution < 1.29 is 0 Å². The highest BCUT2D eigenvalue weighted by Gasteiger charge is 2.49. The molecule has 2 bridgehead atoms. The van der Waals surface area contributed by atoms with Gasteiger partial charge in [0.2, 0.25) is 0 Å². The fourth-order valence-corrected chi connectivity index (χ4v) is 6.00. The number of hydrogen-bond donors (Lipinski definition) is 0. The molecule has 0 heterocycles. The van der Waals surface area contributed by atoms with Gasteiger partial charge in [-0.25, -0.2) is 0 Å². The van der Waals surface area contributed by atoms with Gasteiger partial charge in [-0.3, -0.25) is 0 Å². The molecule has 0 aliphatic heterocycles. The van der Waals surface area contributed by atoms with Crippen molar-refractivity contribution in [2.75, 3.05) is 0 Å². The monoisotopic (exact) mass is 336 g/mol. The van der Waals surface area contributed by atoms with Gasteiger partial charge in [-0.15, -0.1) is 0 Å². The Bertz CT molecular complexity index is 1030. The van der Waals surface area contributed by atoms with E-state index in [1.54, 1.807) is 11.1 Å². The van der Waals surface area contributed by atoms with Crippen LogP contribution in [0.5, 0.6) is 0 Å². The fourth-order valence-electron chi connectivity index (χ4n) is 6.00. The van der Waals surface area contributed by atoms with Gasteiger partial charge in [0.05, 0.1) is 0 Å². The largest absolute Gasteiger partial charge is 0.0851 e. The van der Waals surface area contributed by atoms with Crippen molar-refractivity contribution >= 4 is 10.8 Å². The Hall–Kier alpha value is -2.34. The average Bonchev–Trinajstić information content (AvgIpc) is 3.28. The van der Waals surface area contributed by atoms with Crippen LogP contribution in [0.4, 0.5) is 0 Å². The molecule has 0 radical (unpaired) electrons. The van der Waals surface area contributed by atoms with Gasteiger partial charge < -0.3 is 0 Å². The lowest BCUT2D eigenvalue weighted by Crippen LogP contribution is -2.32. The van der Waals surface area contributed by atoms with E-state index in [-0.39, 0.29) is 0 Å². The Labute approximate surface area is 155 Å². The molecule has 3 aliphatic rings. The second-order valence-corrected chi connectivity index (χ2v) is 8.78. The first kappa shape index (κ1) is 14.8. The number of allylic oxidation sites excluding steroid dienone is 2. The van der Waals surface area contributed by atoms with Crippen LogP contribution in [0.2, 0.25) is 0 Å². The van der Waals surface area contributed by atoms with Crippen molar-refractivity contribution in [3.8, 4) is 11.1 Å². The number of aryl methyl sites for hydroxylation is 1. The van der Waals surface area contributed by atoms with Gasteiger partial charge in [-0.1, -0.05) is 66.7 Å². The van der Waals surface area contributed by atoms with Gasteiger partial charge in [-0.05, 0) is 88.4 Å². The molecule has 1 saturated carbocycles. The molecule has 0 N–H and O–H groups in total. The molecule has 3 aliphatic carbocycles. The van der Waals surface area contributed by atoms with Gasteiger partial charge >= 0.3 is 0 Å². The minimum atomic E-state index is 0.567. The molecule has 26 heavy (non-hydrogen) atoms. The summed E-state index contributed by atoms with van der Waals surface area (Å²) in [5.41, 5.74) is 6.42. The van der Waals surface area contributed by atoms with E-state index in [1.165, 1.54) is 54.0 Å². The molecule has 0 aromatic heterocycles. The molecule has 0 amide bonds.